The van der Waals surface area contributed by atoms with Gasteiger partial charge >= 0.3 is 5.97 Å². The number of nitrogens with zero attached hydrogens (tertiary/aromatic N) is 2. The largest absolute Gasteiger partial charge is 0.493 e. The van der Waals surface area contributed by atoms with Crippen LogP contribution in [0.15, 0.2) is 24.3 Å². The van der Waals surface area contributed by atoms with Gasteiger partial charge in [0.2, 0.25) is 5.91 Å². The molecule has 2 fully saturated rings. The van der Waals surface area contributed by atoms with Crippen LogP contribution >= 0.6 is 0 Å². The van der Waals surface area contributed by atoms with Crippen molar-refractivity contribution in [1.29, 1.82) is 0 Å². The Morgan fingerprint density at radius 2 is 1.92 bits per heavy atom. The maximum absolute atomic E-state index is 12.9. The molecule has 0 aliphatic carbocycles. The van der Waals surface area contributed by atoms with Gasteiger partial charge in [0.1, 0.15) is 5.75 Å². The second kappa shape index (κ2) is 6.97. The predicted octanol–water partition coefficient (Wildman–Crippen LogP) is 1.62. The number of para-hydroxylation sites is 1. The Morgan fingerprint density at radius 3 is 2.54 bits per heavy atom. The van der Waals surface area contributed by atoms with E-state index in [1.54, 1.807) is 35.0 Å². The first-order valence-electron chi connectivity index (χ1n) is 8.91. The van der Waals surface area contributed by atoms with Gasteiger partial charge in [0.15, 0.2) is 0 Å². The molecule has 2 aliphatic heterocycles. The summed E-state index contributed by atoms with van der Waals surface area (Å²) in [5.41, 5.74) is -0.185. The van der Waals surface area contributed by atoms with Gasteiger partial charge in [-0.15, -0.1) is 0 Å². The van der Waals surface area contributed by atoms with Crippen LogP contribution in [0.5, 0.6) is 5.75 Å². The lowest BCUT2D eigenvalue weighted by Gasteiger charge is -2.45. The molecule has 0 saturated carbocycles. The standard InChI is InChI=1S/C19H24N2O5/c1-3-26-15-7-5-4-6-13(15)17(23)21-10-8-19(9-11-21)14(18(24)25)12-16(22)20(19)2/h4-7,14H,3,8-12H2,1-2H3,(H,24,25). The second-order valence-electron chi connectivity index (χ2n) is 6.87. The van der Waals surface area contributed by atoms with Crippen molar-refractivity contribution in [1.82, 2.24) is 9.80 Å². The molecule has 3 rings (SSSR count). The first-order valence-corrected chi connectivity index (χ1v) is 8.91. The summed E-state index contributed by atoms with van der Waals surface area (Å²) in [6.45, 7) is 3.17. The fraction of sp³-hybridized carbons (Fsp3) is 0.526. The van der Waals surface area contributed by atoms with Crippen LogP contribution in [0.4, 0.5) is 0 Å². The van der Waals surface area contributed by atoms with Crippen molar-refractivity contribution in [3.63, 3.8) is 0 Å². The van der Waals surface area contributed by atoms with Gasteiger partial charge in [0, 0.05) is 26.6 Å². The molecule has 2 amide bonds. The lowest BCUT2D eigenvalue weighted by Crippen LogP contribution is -2.57. The SMILES string of the molecule is CCOc1ccccc1C(=O)N1CCC2(CC1)C(C(=O)O)CC(=O)N2C. The molecule has 0 radical (unpaired) electrons. The summed E-state index contributed by atoms with van der Waals surface area (Å²) in [6.07, 6.45) is 0.969. The average molecular weight is 360 g/mol. The van der Waals surface area contributed by atoms with Crippen LogP contribution in [0.2, 0.25) is 0 Å². The van der Waals surface area contributed by atoms with E-state index in [1.165, 1.54) is 0 Å². The quantitative estimate of drug-likeness (QED) is 0.882. The number of benzene rings is 1. The molecule has 1 N–H and O–H groups in total. The third-order valence-electron chi connectivity index (χ3n) is 5.70. The fourth-order valence-electron chi connectivity index (χ4n) is 4.18. The van der Waals surface area contributed by atoms with Crippen molar-refractivity contribution in [3.05, 3.63) is 29.8 Å². The van der Waals surface area contributed by atoms with Crippen molar-refractivity contribution in [2.75, 3.05) is 26.7 Å². The first-order chi connectivity index (χ1) is 12.4. The van der Waals surface area contributed by atoms with E-state index in [0.29, 0.717) is 43.9 Å². The van der Waals surface area contributed by atoms with E-state index in [9.17, 15) is 19.5 Å². The molecule has 1 atom stereocenters. The van der Waals surface area contributed by atoms with E-state index >= 15 is 0 Å². The van der Waals surface area contributed by atoms with Gasteiger partial charge in [-0.2, -0.15) is 0 Å². The molecular weight excluding hydrogens is 336 g/mol. The van der Waals surface area contributed by atoms with Crippen molar-refractivity contribution in [3.8, 4) is 5.75 Å². The van der Waals surface area contributed by atoms with E-state index in [1.807, 2.05) is 13.0 Å². The van der Waals surface area contributed by atoms with Crippen LogP contribution in [0.1, 0.15) is 36.5 Å². The molecular formula is C19H24N2O5. The number of likely N-dealkylation sites (tertiary alicyclic amines) is 2. The number of hydrogen-bond donors (Lipinski definition) is 1. The minimum Gasteiger partial charge on any atom is -0.493 e. The maximum atomic E-state index is 12.9. The minimum absolute atomic E-state index is 0.0347. The zero-order chi connectivity index (χ0) is 18.9. The van der Waals surface area contributed by atoms with E-state index < -0.39 is 17.4 Å². The number of rotatable bonds is 4. The summed E-state index contributed by atoms with van der Waals surface area (Å²) in [6, 6.07) is 7.13. The molecule has 2 heterocycles. The summed E-state index contributed by atoms with van der Waals surface area (Å²) < 4.78 is 5.54. The highest BCUT2D eigenvalue weighted by atomic mass is 16.5. The van der Waals surface area contributed by atoms with Crippen molar-refractivity contribution < 1.29 is 24.2 Å². The molecule has 1 spiro atoms. The van der Waals surface area contributed by atoms with Crippen molar-refractivity contribution in [2.45, 2.75) is 31.7 Å². The number of amides is 2. The Bertz CT molecular complexity index is 724. The van der Waals surface area contributed by atoms with Gasteiger partial charge in [-0.25, -0.2) is 0 Å². The number of carboxylic acid groups (broad SMARTS) is 1. The first kappa shape index (κ1) is 18.2. The van der Waals surface area contributed by atoms with Crippen LogP contribution in [-0.4, -0.2) is 65.0 Å². The zero-order valence-corrected chi connectivity index (χ0v) is 15.1. The number of carbonyl (C=O) groups excluding carboxylic acids is 2. The number of carbonyl (C=O) groups is 3. The van der Waals surface area contributed by atoms with Gasteiger partial charge in [0.25, 0.3) is 5.91 Å². The molecule has 1 aromatic rings. The highest BCUT2D eigenvalue weighted by molar-refractivity contribution is 5.97. The number of piperidine rings is 1. The Morgan fingerprint density at radius 1 is 1.27 bits per heavy atom. The molecule has 2 saturated heterocycles. The van der Waals surface area contributed by atoms with Gasteiger partial charge in [-0.05, 0) is 31.9 Å². The molecule has 26 heavy (non-hydrogen) atoms. The summed E-state index contributed by atoms with van der Waals surface area (Å²) in [4.78, 5) is 39.9. The Kier molecular flexibility index (Phi) is 4.89. The molecule has 0 bridgehead atoms. The molecule has 1 unspecified atom stereocenters. The van der Waals surface area contributed by atoms with Gasteiger partial charge in [0.05, 0.1) is 23.6 Å². The maximum Gasteiger partial charge on any atom is 0.309 e. The van der Waals surface area contributed by atoms with Crippen LogP contribution in [0.3, 0.4) is 0 Å². The second-order valence-corrected chi connectivity index (χ2v) is 6.87. The number of ether oxygens (including phenoxy) is 1. The van der Waals surface area contributed by atoms with Crippen LogP contribution in [-0.2, 0) is 9.59 Å². The minimum atomic E-state index is -0.941. The van der Waals surface area contributed by atoms with Crippen LogP contribution < -0.4 is 4.74 Å². The fourth-order valence-corrected chi connectivity index (χ4v) is 4.18. The number of aliphatic carboxylic acids is 1. The van der Waals surface area contributed by atoms with Crippen LogP contribution in [0.25, 0.3) is 0 Å². The molecule has 7 nitrogen and oxygen atoms in total. The summed E-state index contributed by atoms with van der Waals surface area (Å²) in [7, 11) is 1.67. The molecule has 2 aliphatic rings. The van der Waals surface area contributed by atoms with Crippen LogP contribution in [0, 0.1) is 5.92 Å². The van der Waals surface area contributed by atoms with Gasteiger partial charge < -0.3 is 19.6 Å². The third kappa shape index (κ3) is 2.91. The van der Waals surface area contributed by atoms with Gasteiger partial charge in [-0.1, -0.05) is 12.1 Å². The highest BCUT2D eigenvalue weighted by Gasteiger charge is 2.55. The number of carboxylic acids is 1. The molecule has 7 heteroatoms. The molecule has 0 aromatic heterocycles. The smallest absolute Gasteiger partial charge is 0.309 e. The van der Waals surface area contributed by atoms with Crippen molar-refractivity contribution >= 4 is 17.8 Å². The topological polar surface area (TPSA) is 87.1 Å². The lowest BCUT2D eigenvalue weighted by atomic mass is 9.77. The number of hydrogen-bond acceptors (Lipinski definition) is 4. The highest BCUT2D eigenvalue weighted by Crippen LogP contribution is 2.43. The summed E-state index contributed by atoms with van der Waals surface area (Å²) >= 11 is 0. The molecule has 1 aromatic carbocycles. The van der Waals surface area contributed by atoms with Crippen molar-refractivity contribution in [2.24, 2.45) is 5.92 Å². The van der Waals surface area contributed by atoms with Gasteiger partial charge in [-0.3, -0.25) is 14.4 Å². The van der Waals surface area contributed by atoms with E-state index in [-0.39, 0.29) is 18.2 Å². The Hall–Kier alpha value is -2.57. The summed E-state index contributed by atoms with van der Waals surface area (Å²) in [5.74, 6) is -1.37. The van der Waals surface area contributed by atoms with E-state index in [4.69, 9.17) is 4.74 Å². The normalized spacial score (nSPS) is 21.9. The Balaban J connectivity index is 1.77. The average Bonchev–Trinajstić information content (AvgIpc) is 2.88. The molecule has 140 valence electrons. The van der Waals surface area contributed by atoms with E-state index in [2.05, 4.69) is 0 Å². The lowest BCUT2D eigenvalue weighted by molar-refractivity contribution is -0.145. The predicted molar refractivity (Wildman–Crippen MR) is 94.0 cm³/mol. The summed E-state index contributed by atoms with van der Waals surface area (Å²) in [5, 5.41) is 9.54. The zero-order valence-electron chi connectivity index (χ0n) is 15.1. The monoisotopic (exact) mass is 360 g/mol. The Labute approximate surface area is 152 Å². The van der Waals surface area contributed by atoms with E-state index in [0.717, 1.165) is 0 Å². The third-order valence-corrected chi connectivity index (χ3v) is 5.70.